The van der Waals surface area contributed by atoms with E-state index in [0.717, 1.165) is 12.1 Å². The molecule has 0 bridgehead atoms. The summed E-state index contributed by atoms with van der Waals surface area (Å²) in [5.74, 6) is 2.37. The average molecular weight is 567 g/mol. The average Bonchev–Trinajstić information content (AvgIpc) is 2.76. The fraction of sp³-hybridized carbons (Fsp3) is 0.320. The van der Waals surface area contributed by atoms with Gasteiger partial charge < -0.3 is 24.1 Å². The van der Waals surface area contributed by atoms with Crippen molar-refractivity contribution in [2.75, 3.05) is 13.2 Å². The highest BCUT2D eigenvalue weighted by atomic mass is 35.5. The smallest absolute Gasteiger partial charge is 0.488 e. The second-order valence-corrected chi connectivity index (χ2v) is 7.90. The van der Waals surface area contributed by atoms with E-state index in [0.29, 0.717) is 23.0 Å². The number of hydrogen-bond donors (Lipinski definition) is 1. The van der Waals surface area contributed by atoms with Crippen LogP contribution in [-0.4, -0.2) is 43.1 Å². The van der Waals surface area contributed by atoms with Gasteiger partial charge in [-0.15, -0.1) is 26.3 Å². The Bertz CT molecular complexity index is 1180. The largest absolute Gasteiger partial charge is 0.573 e. The standard InChI is InChI=1S/C25H21ClF6O6/c1-3-35-22(23(33)34)13-17-6-7-21(20(26)12-17)36-9-8-15(2)4-5-16-10-18(37-24(27,28)29)14-19(11-16)38-25(30,31)32/h6-8,10-12,14,22H,3,9,13H2,1-2H3,(H,33,34). The summed E-state index contributed by atoms with van der Waals surface area (Å²) in [5.41, 5.74) is 0.788. The molecule has 0 saturated heterocycles. The van der Waals surface area contributed by atoms with Gasteiger partial charge in [-0.1, -0.05) is 29.5 Å². The molecule has 0 radical (unpaired) electrons. The van der Waals surface area contributed by atoms with Crippen LogP contribution < -0.4 is 14.2 Å². The third-order valence-electron chi connectivity index (χ3n) is 4.44. The molecular weight excluding hydrogens is 546 g/mol. The molecular formula is C25H21ClF6O6. The highest BCUT2D eigenvalue weighted by Crippen LogP contribution is 2.31. The van der Waals surface area contributed by atoms with Crippen molar-refractivity contribution < 1.29 is 55.2 Å². The van der Waals surface area contributed by atoms with Crippen LogP contribution in [0, 0.1) is 11.8 Å². The number of allylic oxidation sites excluding steroid dienone is 1. The fourth-order valence-corrected chi connectivity index (χ4v) is 3.19. The van der Waals surface area contributed by atoms with Crippen LogP contribution in [0.5, 0.6) is 17.2 Å². The molecule has 1 N–H and O–H groups in total. The summed E-state index contributed by atoms with van der Waals surface area (Å²) in [4.78, 5) is 11.2. The van der Waals surface area contributed by atoms with Crippen LogP contribution >= 0.6 is 11.6 Å². The lowest BCUT2D eigenvalue weighted by atomic mass is 10.1. The molecule has 0 fully saturated rings. The van der Waals surface area contributed by atoms with Crippen LogP contribution in [0.15, 0.2) is 48.0 Å². The van der Waals surface area contributed by atoms with Crippen molar-refractivity contribution in [3.05, 3.63) is 64.2 Å². The number of rotatable bonds is 10. The molecule has 6 nitrogen and oxygen atoms in total. The van der Waals surface area contributed by atoms with E-state index in [4.69, 9.17) is 21.1 Å². The molecule has 206 valence electrons. The van der Waals surface area contributed by atoms with Gasteiger partial charge in [0, 0.05) is 24.7 Å². The quantitative estimate of drug-likeness (QED) is 0.260. The van der Waals surface area contributed by atoms with E-state index in [1.54, 1.807) is 32.0 Å². The van der Waals surface area contributed by atoms with Crippen LogP contribution in [0.3, 0.4) is 0 Å². The van der Waals surface area contributed by atoms with E-state index in [1.807, 2.05) is 0 Å². The predicted molar refractivity (Wildman–Crippen MR) is 124 cm³/mol. The van der Waals surface area contributed by atoms with Crippen molar-refractivity contribution in [2.45, 2.75) is 39.1 Å². The highest BCUT2D eigenvalue weighted by Gasteiger charge is 2.33. The van der Waals surface area contributed by atoms with E-state index in [1.165, 1.54) is 6.08 Å². The Hall–Kier alpha value is -3.56. The number of aliphatic carboxylic acids is 1. The minimum atomic E-state index is -5.13. The monoisotopic (exact) mass is 566 g/mol. The summed E-state index contributed by atoms with van der Waals surface area (Å²) >= 11 is 6.20. The SMILES string of the molecule is CCOC(Cc1ccc(OCC=C(C)C#Cc2cc(OC(F)(F)F)cc(OC(F)(F)F)c2)c(Cl)c1)C(=O)O. The van der Waals surface area contributed by atoms with Gasteiger partial charge in [-0.2, -0.15) is 0 Å². The van der Waals surface area contributed by atoms with Gasteiger partial charge in [-0.05, 0) is 55.3 Å². The maximum atomic E-state index is 12.5. The van der Waals surface area contributed by atoms with Gasteiger partial charge in [0.05, 0.1) is 5.02 Å². The normalized spacial score (nSPS) is 12.8. The van der Waals surface area contributed by atoms with Gasteiger partial charge in [0.15, 0.2) is 6.10 Å². The first-order valence-electron chi connectivity index (χ1n) is 10.8. The summed E-state index contributed by atoms with van der Waals surface area (Å²) in [7, 11) is 0. The van der Waals surface area contributed by atoms with Gasteiger partial charge in [-0.25, -0.2) is 4.79 Å². The summed E-state index contributed by atoms with van der Waals surface area (Å²) in [6.07, 6.45) is -9.67. The van der Waals surface area contributed by atoms with Gasteiger partial charge in [0.1, 0.15) is 23.9 Å². The maximum Gasteiger partial charge on any atom is 0.573 e. The third-order valence-corrected chi connectivity index (χ3v) is 4.74. The minimum Gasteiger partial charge on any atom is -0.488 e. The molecule has 0 aliphatic carbocycles. The van der Waals surface area contributed by atoms with E-state index >= 15 is 0 Å². The molecule has 38 heavy (non-hydrogen) atoms. The highest BCUT2D eigenvalue weighted by molar-refractivity contribution is 6.32. The van der Waals surface area contributed by atoms with E-state index < -0.39 is 36.3 Å². The topological polar surface area (TPSA) is 74.2 Å². The minimum absolute atomic E-state index is 0.0179. The molecule has 1 unspecified atom stereocenters. The fourth-order valence-electron chi connectivity index (χ4n) is 2.93. The molecule has 13 heteroatoms. The Balaban J connectivity index is 2.10. The van der Waals surface area contributed by atoms with Crippen LogP contribution in [-0.2, 0) is 16.0 Å². The number of benzene rings is 2. The van der Waals surface area contributed by atoms with Gasteiger partial charge in [-0.3, -0.25) is 0 Å². The molecule has 0 saturated carbocycles. The second-order valence-electron chi connectivity index (χ2n) is 7.49. The van der Waals surface area contributed by atoms with Crippen molar-refractivity contribution in [2.24, 2.45) is 0 Å². The molecule has 2 aromatic carbocycles. The van der Waals surface area contributed by atoms with E-state index in [-0.39, 0.29) is 30.2 Å². The number of ether oxygens (including phenoxy) is 4. The lowest BCUT2D eigenvalue weighted by molar-refractivity contribution is -0.276. The van der Waals surface area contributed by atoms with Crippen LogP contribution in [0.2, 0.25) is 5.02 Å². The van der Waals surface area contributed by atoms with Crippen molar-refractivity contribution in [3.63, 3.8) is 0 Å². The summed E-state index contributed by atoms with van der Waals surface area (Å²) < 4.78 is 93.2. The number of carbonyl (C=O) groups is 1. The Labute approximate surface area is 218 Å². The molecule has 2 aromatic rings. The number of alkyl halides is 6. The lowest BCUT2D eigenvalue weighted by Gasteiger charge is -2.13. The van der Waals surface area contributed by atoms with Gasteiger partial charge in [0.2, 0.25) is 0 Å². The lowest BCUT2D eigenvalue weighted by Crippen LogP contribution is -2.26. The molecule has 2 rings (SSSR count). The molecule has 1 atom stereocenters. The molecule has 0 aliphatic heterocycles. The molecule has 0 spiro atoms. The van der Waals surface area contributed by atoms with E-state index in [9.17, 15) is 36.2 Å². The first-order chi connectivity index (χ1) is 17.6. The Morgan fingerprint density at radius 3 is 2.16 bits per heavy atom. The number of halogens is 7. The Morgan fingerprint density at radius 2 is 1.66 bits per heavy atom. The summed E-state index contributed by atoms with van der Waals surface area (Å²) in [5, 5.41) is 9.41. The molecule has 0 aromatic heterocycles. The van der Waals surface area contributed by atoms with Crippen molar-refractivity contribution >= 4 is 17.6 Å². The van der Waals surface area contributed by atoms with Crippen LogP contribution in [0.25, 0.3) is 0 Å². The summed E-state index contributed by atoms with van der Waals surface area (Å²) in [6.45, 7) is 3.44. The van der Waals surface area contributed by atoms with Crippen molar-refractivity contribution in [1.82, 2.24) is 0 Å². The first-order valence-corrected chi connectivity index (χ1v) is 11.1. The number of carboxylic acid groups (broad SMARTS) is 1. The van der Waals surface area contributed by atoms with Gasteiger partial charge in [0.25, 0.3) is 0 Å². The zero-order valence-corrected chi connectivity index (χ0v) is 20.6. The van der Waals surface area contributed by atoms with Crippen molar-refractivity contribution in [1.29, 1.82) is 0 Å². The zero-order chi connectivity index (χ0) is 28.5. The van der Waals surface area contributed by atoms with Gasteiger partial charge >= 0.3 is 18.7 Å². The second kappa shape index (κ2) is 13.3. The first kappa shape index (κ1) is 30.7. The molecule has 0 aliphatic rings. The van der Waals surface area contributed by atoms with Crippen LogP contribution in [0.1, 0.15) is 25.0 Å². The maximum absolute atomic E-state index is 12.5. The number of hydrogen-bond acceptors (Lipinski definition) is 5. The Kier molecular flexibility index (Phi) is 10.7. The summed E-state index contributed by atoms with van der Waals surface area (Å²) in [6, 6.07) is 6.79. The molecule has 0 heterocycles. The molecule has 0 amide bonds. The number of carboxylic acids is 1. The zero-order valence-electron chi connectivity index (χ0n) is 19.9. The van der Waals surface area contributed by atoms with Crippen LogP contribution in [0.4, 0.5) is 26.3 Å². The predicted octanol–water partition coefficient (Wildman–Crippen LogP) is 6.55. The third kappa shape index (κ3) is 11.2. The van der Waals surface area contributed by atoms with E-state index in [2.05, 4.69) is 21.3 Å². The Morgan fingerprint density at radius 1 is 1.05 bits per heavy atom. The van der Waals surface area contributed by atoms with Crippen molar-refractivity contribution in [3.8, 4) is 29.1 Å².